The zero-order chi connectivity index (χ0) is 12.5. The number of hydrogen-bond donors (Lipinski definition) is 0. The number of rotatable bonds is 4. The number of fused-ring (bicyclic) bond motifs is 1. The smallest absolute Gasteiger partial charge is 0.279 e. The number of aromatic nitrogens is 2. The van der Waals surface area contributed by atoms with Crippen molar-refractivity contribution < 1.29 is 8.42 Å². The Morgan fingerprint density at radius 3 is 2.82 bits per heavy atom. The van der Waals surface area contributed by atoms with E-state index in [9.17, 15) is 8.42 Å². The molecule has 0 radical (unpaired) electrons. The van der Waals surface area contributed by atoms with Gasteiger partial charge in [0.15, 0.2) is 5.03 Å². The Labute approximate surface area is 105 Å². The molecule has 2 heterocycles. The highest BCUT2D eigenvalue weighted by Gasteiger charge is 2.22. The van der Waals surface area contributed by atoms with Crippen molar-refractivity contribution in [2.45, 2.75) is 31.2 Å². The molecule has 0 aromatic carbocycles. The van der Waals surface area contributed by atoms with Gasteiger partial charge in [0, 0.05) is 16.9 Å². The van der Waals surface area contributed by atoms with Gasteiger partial charge in [0.25, 0.3) is 9.05 Å². The van der Waals surface area contributed by atoms with Crippen molar-refractivity contribution in [2.75, 3.05) is 0 Å². The summed E-state index contributed by atoms with van der Waals surface area (Å²) in [6.45, 7) is 2.05. The van der Waals surface area contributed by atoms with E-state index in [2.05, 4.69) is 4.98 Å². The predicted molar refractivity (Wildman–Crippen MR) is 66.8 cm³/mol. The molecular weight excluding hydrogens is 260 g/mol. The van der Waals surface area contributed by atoms with E-state index in [1.807, 2.05) is 13.0 Å². The van der Waals surface area contributed by atoms with Crippen LogP contribution in [0.2, 0.25) is 0 Å². The molecule has 6 heteroatoms. The monoisotopic (exact) mass is 272 g/mol. The highest BCUT2D eigenvalue weighted by Crippen LogP contribution is 2.23. The molecule has 0 saturated carbocycles. The topological polar surface area (TPSA) is 51.4 Å². The molecule has 0 fully saturated rings. The van der Waals surface area contributed by atoms with Crippen molar-refractivity contribution >= 4 is 25.4 Å². The maximum Gasteiger partial charge on any atom is 0.279 e. The normalized spacial score (nSPS) is 12.1. The molecule has 0 unspecified atom stereocenters. The lowest BCUT2D eigenvalue weighted by molar-refractivity contribution is 0.602. The van der Waals surface area contributed by atoms with Crippen molar-refractivity contribution in [3.63, 3.8) is 0 Å². The van der Waals surface area contributed by atoms with Gasteiger partial charge < -0.3 is 0 Å². The van der Waals surface area contributed by atoms with E-state index in [4.69, 9.17) is 10.7 Å². The van der Waals surface area contributed by atoms with Gasteiger partial charge in [-0.2, -0.15) is 0 Å². The first kappa shape index (κ1) is 12.4. The van der Waals surface area contributed by atoms with Crippen molar-refractivity contribution in [3.8, 4) is 0 Å². The predicted octanol–water partition coefficient (Wildman–Crippen LogP) is 2.60. The van der Waals surface area contributed by atoms with Crippen LogP contribution in [0, 0.1) is 0 Å². The number of aryl methyl sites for hydroxylation is 1. The van der Waals surface area contributed by atoms with Crippen molar-refractivity contribution in [3.05, 3.63) is 30.1 Å². The summed E-state index contributed by atoms with van der Waals surface area (Å²) in [5.74, 6) is 0. The molecule has 0 aliphatic carbocycles. The molecule has 0 aliphatic rings. The average molecular weight is 273 g/mol. The molecule has 2 rings (SSSR count). The van der Waals surface area contributed by atoms with Gasteiger partial charge in [0.2, 0.25) is 0 Å². The van der Waals surface area contributed by atoms with Crippen LogP contribution in [0.4, 0.5) is 0 Å². The van der Waals surface area contributed by atoms with Crippen molar-refractivity contribution in [2.24, 2.45) is 0 Å². The number of imidazole rings is 1. The first-order valence-electron chi connectivity index (χ1n) is 5.44. The molecule has 4 nitrogen and oxygen atoms in total. The van der Waals surface area contributed by atoms with E-state index in [1.54, 1.807) is 18.3 Å². The van der Waals surface area contributed by atoms with Crippen LogP contribution in [0.15, 0.2) is 29.4 Å². The molecule has 0 bridgehead atoms. The van der Waals surface area contributed by atoms with Gasteiger partial charge in [-0.15, -0.1) is 0 Å². The zero-order valence-electron chi connectivity index (χ0n) is 9.43. The number of halogens is 1. The van der Waals surface area contributed by atoms with Crippen LogP contribution in [0.1, 0.15) is 25.5 Å². The van der Waals surface area contributed by atoms with Crippen LogP contribution in [0.3, 0.4) is 0 Å². The average Bonchev–Trinajstić information content (AvgIpc) is 2.63. The lowest BCUT2D eigenvalue weighted by Crippen LogP contribution is -2.01. The standard InChI is InChI=1S/C11H13ClN2O2S/c1-2-3-6-9-11(17(12,15)16)14-8-5-4-7-10(14)13-9/h4-5,7-8H,2-3,6H2,1H3. The van der Waals surface area contributed by atoms with E-state index in [0.717, 1.165) is 12.8 Å². The third kappa shape index (κ3) is 2.45. The van der Waals surface area contributed by atoms with E-state index >= 15 is 0 Å². The minimum Gasteiger partial charge on any atom is -0.289 e. The second kappa shape index (κ2) is 4.66. The van der Waals surface area contributed by atoms with Crippen LogP contribution in [-0.2, 0) is 15.5 Å². The van der Waals surface area contributed by atoms with E-state index < -0.39 is 9.05 Å². The SMILES string of the molecule is CCCCc1nc2ccccn2c1S(=O)(=O)Cl. The van der Waals surface area contributed by atoms with E-state index in [-0.39, 0.29) is 5.03 Å². The molecule has 0 aliphatic heterocycles. The van der Waals surface area contributed by atoms with Crippen LogP contribution in [-0.4, -0.2) is 17.8 Å². The summed E-state index contributed by atoms with van der Waals surface area (Å²) >= 11 is 0. The Bertz CT molecular complexity index is 634. The van der Waals surface area contributed by atoms with Crippen LogP contribution >= 0.6 is 10.7 Å². The Kier molecular flexibility index (Phi) is 3.40. The molecule has 0 atom stereocenters. The molecule has 0 saturated heterocycles. The van der Waals surface area contributed by atoms with E-state index in [0.29, 0.717) is 17.8 Å². The zero-order valence-corrected chi connectivity index (χ0v) is 11.0. The Hall–Kier alpha value is -1.07. The van der Waals surface area contributed by atoms with Crippen molar-refractivity contribution in [1.82, 2.24) is 9.38 Å². The first-order valence-corrected chi connectivity index (χ1v) is 7.75. The molecule has 0 amide bonds. The summed E-state index contributed by atoms with van der Waals surface area (Å²) in [6.07, 6.45) is 4.16. The molecule has 0 N–H and O–H groups in total. The second-order valence-electron chi connectivity index (χ2n) is 3.83. The lowest BCUT2D eigenvalue weighted by Gasteiger charge is -2.00. The molecule has 17 heavy (non-hydrogen) atoms. The quantitative estimate of drug-likeness (QED) is 0.804. The summed E-state index contributed by atoms with van der Waals surface area (Å²) in [5, 5.41) is 0.100. The third-order valence-corrected chi connectivity index (χ3v) is 3.88. The van der Waals surface area contributed by atoms with Crippen LogP contribution < -0.4 is 0 Å². The Balaban J connectivity index is 2.66. The van der Waals surface area contributed by atoms with Gasteiger partial charge in [-0.1, -0.05) is 19.4 Å². The maximum atomic E-state index is 11.6. The highest BCUT2D eigenvalue weighted by atomic mass is 35.7. The minimum atomic E-state index is -3.77. The Morgan fingerprint density at radius 1 is 1.41 bits per heavy atom. The first-order chi connectivity index (χ1) is 8.04. The number of hydrogen-bond acceptors (Lipinski definition) is 3. The number of nitrogens with zero attached hydrogens (tertiary/aromatic N) is 2. The van der Waals surface area contributed by atoms with Crippen molar-refractivity contribution in [1.29, 1.82) is 0 Å². The molecule has 2 aromatic rings. The van der Waals surface area contributed by atoms with Gasteiger partial charge in [0.1, 0.15) is 5.65 Å². The number of pyridine rings is 1. The van der Waals surface area contributed by atoms with Gasteiger partial charge in [-0.25, -0.2) is 13.4 Å². The molecule has 0 spiro atoms. The molecule has 92 valence electrons. The van der Waals surface area contributed by atoms with E-state index in [1.165, 1.54) is 4.40 Å². The summed E-state index contributed by atoms with van der Waals surface area (Å²) in [6, 6.07) is 5.33. The third-order valence-electron chi connectivity index (χ3n) is 2.55. The van der Waals surface area contributed by atoms with Gasteiger partial charge in [-0.3, -0.25) is 4.40 Å². The Morgan fingerprint density at radius 2 is 2.18 bits per heavy atom. The fraction of sp³-hybridized carbons (Fsp3) is 0.364. The summed E-state index contributed by atoms with van der Waals surface area (Å²) in [5.41, 5.74) is 1.16. The van der Waals surface area contributed by atoms with Gasteiger partial charge in [-0.05, 0) is 25.0 Å². The lowest BCUT2D eigenvalue weighted by atomic mass is 10.2. The summed E-state index contributed by atoms with van der Waals surface area (Å²) in [4.78, 5) is 4.32. The fourth-order valence-electron chi connectivity index (χ4n) is 1.79. The largest absolute Gasteiger partial charge is 0.289 e. The van der Waals surface area contributed by atoms with Gasteiger partial charge in [0.05, 0.1) is 5.69 Å². The maximum absolute atomic E-state index is 11.6. The van der Waals surface area contributed by atoms with Gasteiger partial charge >= 0.3 is 0 Å². The molecule has 2 aromatic heterocycles. The van der Waals surface area contributed by atoms with Crippen LogP contribution in [0.25, 0.3) is 5.65 Å². The highest BCUT2D eigenvalue weighted by molar-refractivity contribution is 8.13. The minimum absolute atomic E-state index is 0.100. The molecular formula is C11H13ClN2O2S. The summed E-state index contributed by atoms with van der Waals surface area (Å²) in [7, 11) is 1.70. The fourth-order valence-corrected chi connectivity index (χ4v) is 3.10. The van der Waals surface area contributed by atoms with Crippen LogP contribution in [0.5, 0.6) is 0 Å². The number of unbranched alkanes of at least 4 members (excludes halogenated alkanes) is 1. The second-order valence-corrected chi connectivity index (χ2v) is 6.32. The summed E-state index contributed by atoms with van der Waals surface area (Å²) < 4.78 is 24.7.